The SMILES string of the molecule is CCCCCCCCCCCCCCCCCCNCCCC.I.I.N. The Morgan fingerprint density at radius 2 is 0.654 bits per heavy atom. The summed E-state index contributed by atoms with van der Waals surface area (Å²) in [6, 6.07) is 0. The van der Waals surface area contributed by atoms with Gasteiger partial charge in [0.2, 0.25) is 0 Å². The van der Waals surface area contributed by atoms with Crippen LogP contribution in [0.2, 0.25) is 0 Å². The summed E-state index contributed by atoms with van der Waals surface area (Å²) in [6.07, 6.45) is 26.0. The third-order valence-corrected chi connectivity index (χ3v) is 4.91. The zero-order valence-electron chi connectivity index (χ0n) is 18.2. The van der Waals surface area contributed by atoms with Gasteiger partial charge in [-0.25, -0.2) is 0 Å². The molecule has 0 aromatic rings. The monoisotopic (exact) mass is 598 g/mol. The molecule has 0 spiro atoms. The molecule has 26 heavy (non-hydrogen) atoms. The van der Waals surface area contributed by atoms with Gasteiger partial charge in [0.15, 0.2) is 0 Å². The molecule has 0 fully saturated rings. The number of hydrogen-bond donors (Lipinski definition) is 2. The molecule has 2 nitrogen and oxygen atoms in total. The van der Waals surface area contributed by atoms with Crippen LogP contribution >= 0.6 is 48.0 Å². The molecule has 4 N–H and O–H groups in total. The van der Waals surface area contributed by atoms with Crippen molar-refractivity contribution in [2.45, 2.75) is 129 Å². The molecule has 0 saturated heterocycles. The molecule has 0 aliphatic carbocycles. The van der Waals surface area contributed by atoms with Gasteiger partial charge in [-0.1, -0.05) is 117 Å². The maximum Gasteiger partial charge on any atom is -0.00489 e. The summed E-state index contributed by atoms with van der Waals surface area (Å²) in [5.74, 6) is 0. The Hall–Kier alpha value is 1.38. The lowest BCUT2D eigenvalue weighted by molar-refractivity contribution is 0.524. The zero-order chi connectivity index (χ0) is 16.8. The first-order valence-corrected chi connectivity index (χ1v) is 11.1. The second-order valence-electron chi connectivity index (χ2n) is 7.41. The van der Waals surface area contributed by atoms with E-state index in [4.69, 9.17) is 0 Å². The van der Waals surface area contributed by atoms with Crippen LogP contribution in [0.15, 0.2) is 0 Å². The van der Waals surface area contributed by atoms with Crippen LogP contribution < -0.4 is 11.5 Å². The van der Waals surface area contributed by atoms with Crippen molar-refractivity contribution in [1.29, 1.82) is 0 Å². The van der Waals surface area contributed by atoms with Gasteiger partial charge in [0.05, 0.1) is 0 Å². The number of halogens is 2. The molecule has 0 heterocycles. The number of unbranched alkanes of at least 4 members (excludes halogenated alkanes) is 16. The van der Waals surface area contributed by atoms with Crippen molar-refractivity contribution in [2.75, 3.05) is 13.1 Å². The van der Waals surface area contributed by atoms with Crippen molar-refractivity contribution >= 4 is 48.0 Å². The molecule has 4 heteroatoms. The van der Waals surface area contributed by atoms with E-state index in [1.807, 2.05) is 0 Å². The first-order valence-electron chi connectivity index (χ1n) is 11.1. The van der Waals surface area contributed by atoms with Gasteiger partial charge in [-0.3, -0.25) is 0 Å². The minimum atomic E-state index is 0. The van der Waals surface area contributed by atoms with E-state index in [0.29, 0.717) is 0 Å². The standard InChI is InChI=1S/C22H47N.2HI.H3N/c1-3-5-7-8-9-10-11-12-13-14-15-16-17-18-19-20-22-23-21-6-4-2;;;/h23H,3-22H2,1-2H3;2*1H;1H3. The van der Waals surface area contributed by atoms with Crippen LogP contribution in [-0.4, -0.2) is 13.1 Å². The first kappa shape index (κ1) is 34.9. The van der Waals surface area contributed by atoms with Crippen molar-refractivity contribution in [3.05, 3.63) is 0 Å². The van der Waals surface area contributed by atoms with Crippen molar-refractivity contribution in [1.82, 2.24) is 11.5 Å². The Morgan fingerprint density at radius 3 is 1.00 bits per heavy atom. The first-order chi connectivity index (χ1) is 11.4. The summed E-state index contributed by atoms with van der Waals surface area (Å²) >= 11 is 0. The average molecular weight is 598 g/mol. The second kappa shape index (κ2) is 33.9. The van der Waals surface area contributed by atoms with Gasteiger partial charge in [0, 0.05) is 0 Å². The zero-order valence-corrected chi connectivity index (χ0v) is 22.8. The van der Waals surface area contributed by atoms with Gasteiger partial charge in [0.1, 0.15) is 0 Å². The smallest absolute Gasteiger partial charge is 0.00489 e. The number of hydrogen-bond acceptors (Lipinski definition) is 2. The summed E-state index contributed by atoms with van der Waals surface area (Å²) in [6.45, 7) is 7.01. The summed E-state index contributed by atoms with van der Waals surface area (Å²) in [5, 5.41) is 3.54. The topological polar surface area (TPSA) is 47.0 Å². The van der Waals surface area contributed by atoms with Crippen LogP contribution in [0.5, 0.6) is 0 Å². The maximum absolute atomic E-state index is 3.54. The van der Waals surface area contributed by atoms with E-state index < -0.39 is 0 Å². The predicted octanol–water partition coefficient (Wildman–Crippen LogP) is 9.04. The highest BCUT2D eigenvalue weighted by Gasteiger charge is 1.94. The Kier molecular flexibility index (Phi) is 45.5. The fourth-order valence-corrected chi connectivity index (χ4v) is 3.22. The van der Waals surface area contributed by atoms with E-state index in [1.165, 1.54) is 129 Å². The summed E-state index contributed by atoms with van der Waals surface area (Å²) in [4.78, 5) is 0. The molecule has 0 rings (SSSR count). The molecular weight excluding hydrogens is 546 g/mol. The minimum absolute atomic E-state index is 0. The van der Waals surface area contributed by atoms with E-state index >= 15 is 0 Å². The van der Waals surface area contributed by atoms with E-state index in [-0.39, 0.29) is 54.1 Å². The fourth-order valence-electron chi connectivity index (χ4n) is 3.22. The third-order valence-electron chi connectivity index (χ3n) is 4.91. The van der Waals surface area contributed by atoms with Gasteiger partial charge >= 0.3 is 0 Å². The second-order valence-corrected chi connectivity index (χ2v) is 7.41. The Labute approximate surface area is 200 Å². The molecule has 0 amide bonds. The van der Waals surface area contributed by atoms with Crippen LogP contribution in [0.4, 0.5) is 0 Å². The molecule has 0 unspecified atom stereocenters. The highest BCUT2D eigenvalue weighted by molar-refractivity contribution is 14.0. The van der Waals surface area contributed by atoms with E-state index in [2.05, 4.69) is 19.2 Å². The molecule has 0 saturated carbocycles. The molecule has 0 atom stereocenters. The lowest BCUT2D eigenvalue weighted by Crippen LogP contribution is -2.16. The van der Waals surface area contributed by atoms with Crippen molar-refractivity contribution < 1.29 is 0 Å². The third kappa shape index (κ3) is 33.0. The molecule has 0 bridgehead atoms. The number of rotatable bonds is 20. The molecule has 0 aromatic heterocycles. The molecule has 0 radical (unpaired) electrons. The summed E-state index contributed by atoms with van der Waals surface area (Å²) in [7, 11) is 0. The van der Waals surface area contributed by atoms with Crippen LogP contribution in [0.1, 0.15) is 129 Å². The van der Waals surface area contributed by atoms with Crippen LogP contribution in [-0.2, 0) is 0 Å². The lowest BCUT2D eigenvalue weighted by Gasteiger charge is -2.04. The summed E-state index contributed by atoms with van der Waals surface area (Å²) in [5.41, 5.74) is 0. The summed E-state index contributed by atoms with van der Waals surface area (Å²) < 4.78 is 0. The van der Waals surface area contributed by atoms with Crippen LogP contribution in [0.3, 0.4) is 0 Å². The van der Waals surface area contributed by atoms with Gasteiger partial charge in [-0.15, -0.1) is 48.0 Å². The molecule has 164 valence electrons. The minimum Gasteiger partial charge on any atom is -0.344 e. The predicted molar refractivity (Wildman–Crippen MR) is 143 cm³/mol. The Bertz CT molecular complexity index is 185. The normalized spacial score (nSPS) is 9.92. The van der Waals surface area contributed by atoms with Crippen LogP contribution in [0, 0.1) is 0 Å². The van der Waals surface area contributed by atoms with Gasteiger partial charge < -0.3 is 11.5 Å². The van der Waals surface area contributed by atoms with Gasteiger partial charge in [-0.2, -0.15) is 0 Å². The quantitative estimate of drug-likeness (QED) is 0.109. The van der Waals surface area contributed by atoms with E-state index in [0.717, 1.165) is 0 Å². The fraction of sp³-hybridized carbons (Fsp3) is 1.00. The maximum atomic E-state index is 3.54. The molecular formula is C22H52I2N2. The molecule has 0 aliphatic rings. The van der Waals surface area contributed by atoms with Crippen molar-refractivity contribution in [2.24, 2.45) is 0 Å². The molecule has 0 aliphatic heterocycles. The Morgan fingerprint density at radius 1 is 0.385 bits per heavy atom. The largest absolute Gasteiger partial charge is 0.344 e. The van der Waals surface area contributed by atoms with E-state index in [9.17, 15) is 0 Å². The average Bonchev–Trinajstić information content (AvgIpc) is 2.57. The number of nitrogens with one attached hydrogen (secondary N) is 1. The lowest BCUT2D eigenvalue weighted by atomic mass is 10.0. The van der Waals surface area contributed by atoms with E-state index in [1.54, 1.807) is 0 Å². The molecule has 0 aromatic carbocycles. The van der Waals surface area contributed by atoms with Gasteiger partial charge in [-0.05, 0) is 25.9 Å². The highest BCUT2D eigenvalue weighted by Crippen LogP contribution is 2.13. The van der Waals surface area contributed by atoms with Crippen molar-refractivity contribution in [3.63, 3.8) is 0 Å². The van der Waals surface area contributed by atoms with Gasteiger partial charge in [0.25, 0.3) is 0 Å². The highest BCUT2D eigenvalue weighted by atomic mass is 127. The van der Waals surface area contributed by atoms with Crippen LogP contribution in [0.25, 0.3) is 0 Å². The van der Waals surface area contributed by atoms with Crippen molar-refractivity contribution in [3.8, 4) is 0 Å². The Balaban J connectivity index is -0.000000807.